The van der Waals surface area contributed by atoms with E-state index in [1.807, 2.05) is 13.8 Å². The zero-order valence-corrected chi connectivity index (χ0v) is 14.1. The summed E-state index contributed by atoms with van der Waals surface area (Å²) in [4.78, 5) is 9.53. The highest BCUT2D eigenvalue weighted by molar-refractivity contribution is 7.18. The minimum Gasteiger partial charge on any atom is -0.375 e. The van der Waals surface area contributed by atoms with Crippen molar-refractivity contribution in [1.29, 1.82) is 0 Å². The number of halogens is 2. The van der Waals surface area contributed by atoms with Crippen molar-refractivity contribution in [2.75, 3.05) is 5.73 Å². The summed E-state index contributed by atoms with van der Waals surface area (Å²) in [7, 11) is 0. The van der Waals surface area contributed by atoms with E-state index in [-0.39, 0.29) is 5.92 Å². The summed E-state index contributed by atoms with van der Waals surface area (Å²) in [6.45, 7) is 4.07. The molecule has 0 spiro atoms. The molecule has 2 N–H and O–H groups in total. The molecule has 2 heterocycles. The molecule has 0 amide bonds. The number of hydrogen-bond acceptors (Lipinski definition) is 6. The van der Waals surface area contributed by atoms with E-state index in [0.717, 1.165) is 16.1 Å². The first-order chi connectivity index (χ1) is 10.5. The van der Waals surface area contributed by atoms with Gasteiger partial charge in [-0.1, -0.05) is 53.5 Å². The van der Waals surface area contributed by atoms with Crippen LogP contribution in [0, 0.1) is 0 Å². The van der Waals surface area contributed by atoms with Gasteiger partial charge in [-0.25, -0.2) is 4.98 Å². The van der Waals surface area contributed by atoms with Crippen LogP contribution < -0.4 is 5.73 Å². The summed E-state index contributed by atoms with van der Waals surface area (Å²) in [6.07, 6.45) is 0. The van der Waals surface area contributed by atoms with E-state index in [4.69, 9.17) is 33.5 Å². The Balaban J connectivity index is 2.02. The normalized spacial score (nSPS) is 11.3. The van der Waals surface area contributed by atoms with Crippen LogP contribution in [0.1, 0.15) is 25.5 Å². The average molecular weight is 355 g/mol. The summed E-state index contributed by atoms with van der Waals surface area (Å²) in [5.41, 5.74) is 7.38. The monoisotopic (exact) mass is 354 g/mol. The zero-order valence-electron chi connectivity index (χ0n) is 11.8. The molecule has 0 radical (unpaired) electrons. The van der Waals surface area contributed by atoms with Crippen molar-refractivity contribution >= 4 is 39.7 Å². The average Bonchev–Trinajstić information content (AvgIpc) is 3.08. The molecule has 0 saturated carbocycles. The van der Waals surface area contributed by atoms with Gasteiger partial charge in [0.2, 0.25) is 5.82 Å². The standard InChI is InChI=1S/C14H12Cl2N4OS/c1-6(2)10-11(22-14(17)18-10)13-19-12(20-21-13)7-3-4-8(15)9(16)5-7/h3-6H,1-2H3,(H2,17,18). The molecule has 3 rings (SSSR count). The van der Waals surface area contributed by atoms with Gasteiger partial charge in [-0.3, -0.25) is 0 Å². The van der Waals surface area contributed by atoms with Crippen molar-refractivity contribution in [2.24, 2.45) is 0 Å². The molecule has 0 aliphatic rings. The van der Waals surface area contributed by atoms with Crippen molar-refractivity contribution in [1.82, 2.24) is 15.1 Å². The number of thiazole rings is 1. The molecule has 2 aromatic heterocycles. The molecule has 1 aromatic carbocycles. The van der Waals surface area contributed by atoms with Crippen LogP contribution in [0.25, 0.3) is 22.2 Å². The lowest BCUT2D eigenvalue weighted by Crippen LogP contribution is -1.91. The maximum Gasteiger partial charge on any atom is 0.270 e. The third kappa shape index (κ3) is 2.82. The Bertz CT molecular complexity index is 828. The van der Waals surface area contributed by atoms with Crippen LogP contribution in [-0.2, 0) is 0 Å². The van der Waals surface area contributed by atoms with Gasteiger partial charge in [0.25, 0.3) is 5.89 Å². The second kappa shape index (κ2) is 5.87. The zero-order chi connectivity index (χ0) is 15.9. The van der Waals surface area contributed by atoms with Gasteiger partial charge in [0.1, 0.15) is 4.88 Å². The van der Waals surface area contributed by atoms with Crippen LogP contribution in [0.4, 0.5) is 5.13 Å². The number of rotatable bonds is 3. The van der Waals surface area contributed by atoms with E-state index < -0.39 is 0 Å². The Kier molecular flexibility index (Phi) is 4.08. The maximum absolute atomic E-state index is 6.02. The van der Waals surface area contributed by atoms with Gasteiger partial charge in [-0.05, 0) is 24.1 Å². The first-order valence-electron chi connectivity index (χ1n) is 6.51. The molecule has 0 atom stereocenters. The molecule has 0 aliphatic carbocycles. The first-order valence-corrected chi connectivity index (χ1v) is 8.08. The summed E-state index contributed by atoms with van der Waals surface area (Å²) >= 11 is 13.3. The fraction of sp³-hybridized carbons (Fsp3) is 0.214. The lowest BCUT2D eigenvalue weighted by atomic mass is 10.1. The van der Waals surface area contributed by atoms with Crippen LogP contribution in [-0.4, -0.2) is 15.1 Å². The van der Waals surface area contributed by atoms with Crippen molar-refractivity contribution in [3.8, 4) is 22.2 Å². The van der Waals surface area contributed by atoms with Crippen LogP contribution in [0.5, 0.6) is 0 Å². The van der Waals surface area contributed by atoms with Crippen molar-refractivity contribution < 1.29 is 4.52 Å². The molecule has 8 heteroatoms. The Hall–Kier alpha value is -1.63. The molecule has 22 heavy (non-hydrogen) atoms. The minimum atomic E-state index is 0.212. The fourth-order valence-corrected chi connectivity index (χ4v) is 3.17. The van der Waals surface area contributed by atoms with E-state index >= 15 is 0 Å². The lowest BCUT2D eigenvalue weighted by molar-refractivity contribution is 0.432. The molecule has 3 aromatic rings. The summed E-state index contributed by atoms with van der Waals surface area (Å²) in [5.74, 6) is 1.05. The highest BCUT2D eigenvalue weighted by Crippen LogP contribution is 2.36. The molecule has 0 bridgehead atoms. The topological polar surface area (TPSA) is 77.8 Å². The van der Waals surface area contributed by atoms with E-state index in [9.17, 15) is 0 Å². The van der Waals surface area contributed by atoms with E-state index in [0.29, 0.717) is 26.9 Å². The number of aromatic nitrogens is 3. The van der Waals surface area contributed by atoms with E-state index in [1.165, 1.54) is 11.3 Å². The van der Waals surface area contributed by atoms with Gasteiger partial charge in [0.15, 0.2) is 5.13 Å². The lowest BCUT2D eigenvalue weighted by Gasteiger charge is -2.00. The van der Waals surface area contributed by atoms with Gasteiger partial charge in [0.05, 0.1) is 15.7 Å². The second-order valence-corrected chi connectivity index (χ2v) is 6.82. The molecular formula is C14H12Cl2N4OS. The van der Waals surface area contributed by atoms with Gasteiger partial charge >= 0.3 is 0 Å². The molecule has 114 valence electrons. The molecular weight excluding hydrogens is 343 g/mol. The third-order valence-corrected chi connectivity index (χ3v) is 4.64. The van der Waals surface area contributed by atoms with Crippen molar-refractivity contribution in [2.45, 2.75) is 19.8 Å². The molecule has 0 aliphatic heterocycles. The van der Waals surface area contributed by atoms with Gasteiger partial charge in [-0.2, -0.15) is 4.98 Å². The quantitative estimate of drug-likeness (QED) is 0.725. The maximum atomic E-state index is 6.02. The highest BCUT2D eigenvalue weighted by atomic mass is 35.5. The molecule has 5 nitrogen and oxygen atoms in total. The Morgan fingerprint density at radius 3 is 2.64 bits per heavy atom. The third-order valence-electron chi connectivity index (χ3n) is 3.01. The van der Waals surface area contributed by atoms with Crippen LogP contribution in [0.2, 0.25) is 10.0 Å². The summed E-state index contributed by atoms with van der Waals surface area (Å²) < 4.78 is 5.36. The number of benzene rings is 1. The van der Waals surface area contributed by atoms with Crippen molar-refractivity contribution in [3.05, 3.63) is 33.9 Å². The number of nitrogens with zero attached hydrogens (tertiary/aromatic N) is 3. The van der Waals surface area contributed by atoms with Crippen LogP contribution in [0.3, 0.4) is 0 Å². The minimum absolute atomic E-state index is 0.212. The Morgan fingerprint density at radius 1 is 1.18 bits per heavy atom. The second-order valence-electron chi connectivity index (χ2n) is 4.97. The number of hydrogen-bond donors (Lipinski definition) is 1. The van der Waals surface area contributed by atoms with Crippen LogP contribution >= 0.6 is 34.5 Å². The number of nitrogen functional groups attached to an aromatic ring is 1. The van der Waals surface area contributed by atoms with Crippen molar-refractivity contribution in [3.63, 3.8) is 0 Å². The fourth-order valence-electron chi connectivity index (χ4n) is 1.96. The van der Waals surface area contributed by atoms with Crippen LogP contribution in [0.15, 0.2) is 22.7 Å². The SMILES string of the molecule is CC(C)c1nc(N)sc1-c1nc(-c2ccc(Cl)c(Cl)c2)no1. The largest absolute Gasteiger partial charge is 0.375 e. The molecule has 0 fully saturated rings. The molecule has 0 saturated heterocycles. The number of anilines is 1. The summed E-state index contributed by atoms with van der Waals surface area (Å²) in [5, 5.41) is 5.39. The first kappa shape index (κ1) is 15.3. The Labute approximate surface area is 141 Å². The van der Waals surface area contributed by atoms with E-state index in [2.05, 4.69) is 15.1 Å². The molecule has 0 unspecified atom stereocenters. The summed E-state index contributed by atoms with van der Waals surface area (Å²) in [6, 6.07) is 5.18. The predicted molar refractivity (Wildman–Crippen MR) is 89.4 cm³/mol. The predicted octanol–water partition coefficient (Wildman–Crippen LogP) is 4.87. The number of nitrogens with two attached hydrogens (primary N) is 1. The van der Waals surface area contributed by atoms with E-state index in [1.54, 1.807) is 18.2 Å². The van der Waals surface area contributed by atoms with Gasteiger partial charge < -0.3 is 10.3 Å². The van der Waals surface area contributed by atoms with Gasteiger partial charge in [0, 0.05) is 5.56 Å². The Morgan fingerprint density at radius 2 is 1.95 bits per heavy atom. The smallest absolute Gasteiger partial charge is 0.270 e. The van der Waals surface area contributed by atoms with Gasteiger partial charge in [-0.15, -0.1) is 0 Å². The highest BCUT2D eigenvalue weighted by Gasteiger charge is 2.20.